The number of hydrogen-bond acceptors (Lipinski definition) is 4. The fourth-order valence-corrected chi connectivity index (χ4v) is 3.28. The van der Waals surface area contributed by atoms with E-state index in [1.807, 2.05) is 24.3 Å². The molecular weight excluding hydrogens is 308 g/mol. The first kappa shape index (κ1) is 15.4. The van der Waals surface area contributed by atoms with Crippen molar-refractivity contribution in [1.29, 1.82) is 0 Å². The Labute approximate surface area is 139 Å². The fourth-order valence-electron chi connectivity index (χ4n) is 2.34. The van der Waals surface area contributed by atoms with Gasteiger partial charge in [-0.1, -0.05) is 6.07 Å². The summed E-state index contributed by atoms with van der Waals surface area (Å²) in [6.45, 7) is 2.10. The van der Waals surface area contributed by atoms with E-state index in [1.165, 1.54) is 9.75 Å². The number of benzene rings is 1. The van der Waals surface area contributed by atoms with Crippen molar-refractivity contribution in [2.24, 2.45) is 0 Å². The number of carbonyl (C=O) groups excluding carboxylic acids is 1. The number of nitrogens with one attached hydrogen (secondary N) is 1. The average molecular weight is 326 g/mol. The van der Waals surface area contributed by atoms with Crippen molar-refractivity contribution in [3.63, 3.8) is 0 Å². The van der Waals surface area contributed by atoms with Crippen LogP contribution < -0.4 is 5.32 Å². The lowest BCUT2D eigenvalue weighted by molar-refractivity contribution is -0.116. The number of amides is 1. The van der Waals surface area contributed by atoms with Crippen molar-refractivity contribution >= 4 is 22.9 Å². The molecule has 0 saturated heterocycles. The molecule has 0 spiro atoms. The van der Waals surface area contributed by atoms with Crippen molar-refractivity contribution < 1.29 is 4.79 Å². The summed E-state index contributed by atoms with van der Waals surface area (Å²) in [6.07, 6.45) is 5.59. The Bertz CT molecular complexity index is 780. The third kappa shape index (κ3) is 4.26. The van der Waals surface area contributed by atoms with Crippen LogP contribution in [0.4, 0.5) is 5.69 Å². The summed E-state index contributed by atoms with van der Waals surface area (Å²) in [5, 5.41) is 10.5. The van der Waals surface area contributed by atoms with Crippen molar-refractivity contribution in [3.05, 3.63) is 58.8 Å². The maximum Gasteiger partial charge on any atom is 0.224 e. The van der Waals surface area contributed by atoms with Gasteiger partial charge in [0.15, 0.2) is 0 Å². The Morgan fingerprint density at radius 2 is 2.04 bits per heavy atom. The summed E-state index contributed by atoms with van der Waals surface area (Å²) in [5.41, 5.74) is 1.70. The molecule has 0 radical (unpaired) electrons. The molecule has 23 heavy (non-hydrogen) atoms. The number of hydrogen-bond donors (Lipinski definition) is 1. The molecule has 0 aliphatic carbocycles. The maximum atomic E-state index is 12.1. The molecule has 2 heterocycles. The number of thiophene rings is 1. The van der Waals surface area contributed by atoms with Crippen LogP contribution >= 0.6 is 11.3 Å². The number of carbonyl (C=O) groups is 1. The maximum absolute atomic E-state index is 12.1. The topological polar surface area (TPSA) is 59.8 Å². The minimum Gasteiger partial charge on any atom is -0.326 e. The molecule has 0 fully saturated rings. The van der Waals surface area contributed by atoms with Gasteiger partial charge in [-0.25, -0.2) is 0 Å². The number of anilines is 1. The lowest BCUT2D eigenvalue weighted by Gasteiger charge is -2.07. The van der Waals surface area contributed by atoms with Crippen LogP contribution in [0.25, 0.3) is 5.69 Å². The Morgan fingerprint density at radius 1 is 1.22 bits per heavy atom. The second-order valence-corrected chi connectivity index (χ2v) is 6.71. The zero-order valence-corrected chi connectivity index (χ0v) is 13.7. The van der Waals surface area contributed by atoms with Gasteiger partial charge in [0, 0.05) is 21.9 Å². The highest BCUT2D eigenvalue weighted by Gasteiger charge is 2.05. The molecule has 1 aromatic carbocycles. The molecule has 0 bridgehead atoms. The van der Waals surface area contributed by atoms with Gasteiger partial charge in [-0.3, -0.25) is 9.36 Å². The van der Waals surface area contributed by atoms with Crippen LogP contribution in [0.1, 0.15) is 22.6 Å². The minimum absolute atomic E-state index is 0.0409. The third-order valence-electron chi connectivity index (χ3n) is 3.47. The van der Waals surface area contributed by atoms with Gasteiger partial charge in [0.2, 0.25) is 5.91 Å². The van der Waals surface area contributed by atoms with E-state index < -0.39 is 0 Å². The predicted molar refractivity (Wildman–Crippen MR) is 92.0 cm³/mol. The second-order valence-electron chi connectivity index (χ2n) is 5.33. The number of rotatable bonds is 6. The highest BCUT2D eigenvalue weighted by molar-refractivity contribution is 7.11. The van der Waals surface area contributed by atoms with Crippen molar-refractivity contribution in [1.82, 2.24) is 14.8 Å². The molecule has 2 aromatic heterocycles. The van der Waals surface area contributed by atoms with Crippen molar-refractivity contribution in [3.8, 4) is 5.69 Å². The molecule has 6 heteroatoms. The monoisotopic (exact) mass is 326 g/mol. The molecule has 5 nitrogen and oxygen atoms in total. The second kappa shape index (κ2) is 7.19. The number of aryl methyl sites for hydroxylation is 2. The number of aromatic nitrogens is 3. The fraction of sp³-hybridized carbons (Fsp3) is 0.235. The van der Waals surface area contributed by atoms with Gasteiger partial charge in [0.1, 0.15) is 12.7 Å². The molecule has 0 unspecified atom stereocenters. The van der Waals surface area contributed by atoms with Gasteiger partial charge >= 0.3 is 0 Å². The van der Waals surface area contributed by atoms with Crippen LogP contribution in [-0.2, 0) is 11.2 Å². The zero-order chi connectivity index (χ0) is 16.1. The smallest absolute Gasteiger partial charge is 0.224 e. The molecule has 118 valence electrons. The zero-order valence-electron chi connectivity index (χ0n) is 12.9. The first-order valence-corrected chi connectivity index (χ1v) is 8.32. The van der Waals surface area contributed by atoms with E-state index in [9.17, 15) is 4.79 Å². The van der Waals surface area contributed by atoms with Crippen LogP contribution in [0, 0.1) is 6.92 Å². The average Bonchev–Trinajstić information content (AvgIpc) is 3.19. The summed E-state index contributed by atoms with van der Waals surface area (Å²) < 4.78 is 1.80. The van der Waals surface area contributed by atoms with E-state index in [0.717, 1.165) is 24.2 Å². The molecule has 1 amide bonds. The highest BCUT2D eigenvalue weighted by atomic mass is 32.1. The van der Waals surface area contributed by atoms with Crippen LogP contribution in [0.2, 0.25) is 0 Å². The van der Waals surface area contributed by atoms with Crippen molar-refractivity contribution in [2.45, 2.75) is 26.2 Å². The van der Waals surface area contributed by atoms with E-state index in [0.29, 0.717) is 6.42 Å². The summed E-state index contributed by atoms with van der Waals surface area (Å²) in [7, 11) is 0. The summed E-state index contributed by atoms with van der Waals surface area (Å²) in [4.78, 5) is 14.7. The molecule has 3 aromatic rings. The summed E-state index contributed by atoms with van der Waals surface area (Å²) in [5.74, 6) is 0.0409. The SMILES string of the molecule is Cc1ccc(CCCC(=O)Nc2cccc(-n3cnnc3)c2)s1. The Kier molecular flexibility index (Phi) is 4.83. The first-order valence-electron chi connectivity index (χ1n) is 7.51. The third-order valence-corrected chi connectivity index (χ3v) is 4.53. The highest BCUT2D eigenvalue weighted by Crippen LogP contribution is 2.18. The van der Waals surface area contributed by atoms with Gasteiger partial charge in [0.25, 0.3) is 0 Å². The van der Waals surface area contributed by atoms with Gasteiger partial charge in [0.05, 0.1) is 5.69 Å². The molecule has 0 aliphatic rings. The Balaban J connectivity index is 1.52. The van der Waals surface area contributed by atoms with Crippen molar-refractivity contribution in [2.75, 3.05) is 5.32 Å². The van der Waals surface area contributed by atoms with Crippen LogP contribution in [0.3, 0.4) is 0 Å². The minimum atomic E-state index is 0.0409. The molecule has 0 saturated carbocycles. The molecule has 0 aliphatic heterocycles. The molecular formula is C17H18N4OS. The quantitative estimate of drug-likeness (QED) is 0.753. The lowest BCUT2D eigenvalue weighted by Crippen LogP contribution is -2.11. The lowest BCUT2D eigenvalue weighted by atomic mass is 10.2. The normalized spacial score (nSPS) is 10.7. The van der Waals surface area contributed by atoms with Gasteiger partial charge in [-0.05, 0) is 50.1 Å². The van der Waals surface area contributed by atoms with Crippen LogP contribution in [-0.4, -0.2) is 20.7 Å². The molecule has 1 N–H and O–H groups in total. The largest absolute Gasteiger partial charge is 0.326 e. The van der Waals surface area contributed by atoms with Crippen LogP contribution in [0.15, 0.2) is 49.1 Å². The van der Waals surface area contributed by atoms with Gasteiger partial charge in [-0.2, -0.15) is 0 Å². The van der Waals surface area contributed by atoms with Gasteiger partial charge in [-0.15, -0.1) is 21.5 Å². The molecule has 3 rings (SSSR count). The number of nitrogens with zero attached hydrogens (tertiary/aromatic N) is 3. The van der Waals surface area contributed by atoms with E-state index in [4.69, 9.17) is 0 Å². The summed E-state index contributed by atoms with van der Waals surface area (Å²) >= 11 is 1.80. The first-order chi connectivity index (χ1) is 11.2. The van der Waals surface area contributed by atoms with E-state index in [2.05, 4.69) is 34.6 Å². The Morgan fingerprint density at radius 3 is 2.78 bits per heavy atom. The van der Waals surface area contributed by atoms with Crippen LogP contribution in [0.5, 0.6) is 0 Å². The Hall–Kier alpha value is -2.47. The van der Waals surface area contributed by atoms with E-state index in [1.54, 1.807) is 28.6 Å². The standard InChI is InChI=1S/C17H18N4OS/c1-13-8-9-16(23-13)6-3-7-17(22)20-14-4-2-5-15(10-14)21-11-18-19-12-21/h2,4-5,8-12H,3,6-7H2,1H3,(H,20,22). The van der Waals surface area contributed by atoms with E-state index in [-0.39, 0.29) is 5.91 Å². The molecule has 0 atom stereocenters. The summed E-state index contributed by atoms with van der Waals surface area (Å²) in [6, 6.07) is 11.9. The predicted octanol–water partition coefficient (Wildman–Crippen LogP) is 3.60. The van der Waals surface area contributed by atoms with Gasteiger partial charge < -0.3 is 5.32 Å². The van der Waals surface area contributed by atoms with E-state index >= 15 is 0 Å².